The highest BCUT2D eigenvalue weighted by atomic mass is 16.5. The van der Waals surface area contributed by atoms with Crippen molar-refractivity contribution in [2.45, 2.75) is 45.8 Å². The lowest BCUT2D eigenvalue weighted by molar-refractivity contribution is 0.306. The quantitative estimate of drug-likeness (QED) is 0.781. The van der Waals surface area contributed by atoms with Gasteiger partial charge in [-0.1, -0.05) is 57.2 Å². The highest BCUT2D eigenvalue weighted by Gasteiger charge is 2.14. The molecule has 26 heavy (non-hydrogen) atoms. The zero-order valence-corrected chi connectivity index (χ0v) is 16.3. The van der Waals surface area contributed by atoms with Crippen molar-refractivity contribution in [3.05, 3.63) is 65.2 Å². The van der Waals surface area contributed by atoms with E-state index in [4.69, 9.17) is 4.74 Å². The van der Waals surface area contributed by atoms with E-state index in [-0.39, 0.29) is 5.41 Å². The van der Waals surface area contributed by atoms with E-state index in [9.17, 15) is 0 Å². The minimum atomic E-state index is 0.192. The Hall–Kier alpha value is -1.84. The lowest BCUT2D eigenvalue weighted by Gasteiger charge is -2.19. The van der Waals surface area contributed by atoms with Crippen molar-refractivity contribution in [1.29, 1.82) is 0 Å². The predicted molar refractivity (Wildman–Crippen MR) is 109 cm³/mol. The predicted octanol–water partition coefficient (Wildman–Crippen LogP) is 4.26. The Morgan fingerprint density at radius 2 is 1.69 bits per heavy atom. The Morgan fingerprint density at radius 3 is 2.31 bits per heavy atom. The van der Waals surface area contributed by atoms with Crippen molar-refractivity contribution in [2.75, 3.05) is 19.6 Å². The summed E-state index contributed by atoms with van der Waals surface area (Å²) in [6, 6.07) is 17.2. The number of hydrogen-bond acceptors (Lipinski definition) is 3. The lowest BCUT2D eigenvalue weighted by Crippen LogP contribution is -2.23. The molecule has 0 radical (unpaired) electrons. The molecule has 0 bridgehead atoms. The summed E-state index contributed by atoms with van der Waals surface area (Å²) in [6.07, 6.45) is 1.29. The monoisotopic (exact) mass is 352 g/mol. The van der Waals surface area contributed by atoms with E-state index in [1.54, 1.807) is 0 Å². The maximum atomic E-state index is 5.93. The van der Waals surface area contributed by atoms with Gasteiger partial charge in [0.1, 0.15) is 12.4 Å². The van der Waals surface area contributed by atoms with Crippen LogP contribution in [0.4, 0.5) is 0 Å². The summed E-state index contributed by atoms with van der Waals surface area (Å²) in [4.78, 5) is 0. The second-order valence-electron chi connectivity index (χ2n) is 8.37. The minimum Gasteiger partial charge on any atom is -0.489 e. The summed E-state index contributed by atoms with van der Waals surface area (Å²) >= 11 is 0. The molecule has 3 heteroatoms. The van der Waals surface area contributed by atoms with E-state index >= 15 is 0 Å². The third-order valence-electron chi connectivity index (χ3n) is 5.07. The van der Waals surface area contributed by atoms with Gasteiger partial charge in [0.2, 0.25) is 0 Å². The van der Waals surface area contributed by atoms with Crippen molar-refractivity contribution in [1.82, 2.24) is 10.6 Å². The summed E-state index contributed by atoms with van der Waals surface area (Å²) in [5.74, 6) is 1.70. The second-order valence-corrected chi connectivity index (χ2v) is 8.37. The van der Waals surface area contributed by atoms with Crippen LogP contribution in [0, 0.1) is 5.92 Å². The van der Waals surface area contributed by atoms with Crippen LogP contribution < -0.4 is 15.4 Å². The van der Waals surface area contributed by atoms with Crippen molar-refractivity contribution >= 4 is 0 Å². The summed E-state index contributed by atoms with van der Waals surface area (Å²) in [5, 5.41) is 6.97. The van der Waals surface area contributed by atoms with Crippen LogP contribution in [-0.2, 0) is 18.6 Å². The fraction of sp³-hybridized carbons (Fsp3) is 0.478. The van der Waals surface area contributed by atoms with E-state index in [0.29, 0.717) is 6.61 Å². The molecular weight excluding hydrogens is 320 g/mol. The fourth-order valence-corrected chi connectivity index (χ4v) is 3.28. The summed E-state index contributed by atoms with van der Waals surface area (Å²) in [6.45, 7) is 11.6. The molecule has 1 saturated heterocycles. The van der Waals surface area contributed by atoms with Crippen LogP contribution in [0.1, 0.15) is 43.9 Å². The molecule has 1 atom stereocenters. The highest BCUT2D eigenvalue weighted by molar-refractivity contribution is 5.29. The van der Waals surface area contributed by atoms with Crippen LogP contribution in [0.3, 0.4) is 0 Å². The molecule has 2 N–H and O–H groups in total. The smallest absolute Gasteiger partial charge is 0.119 e. The van der Waals surface area contributed by atoms with E-state index < -0.39 is 0 Å². The first-order valence-electron chi connectivity index (χ1n) is 9.73. The lowest BCUT2D eigenvalue weighted by atomic mass is 9.87. The first kappa shape index (κ1) is 18.9. The molecule has 1 fully saturated rings. The zero-order chi connectivity index (χ0) is 18.4. The van der Waals surface area contributed by atoms with Crippen LogP contribution in [0.15, 0.2) is 48.5 Å². The van der Waals surface area contributed by atoms with Gasteiger partial charge in [-0.25, -0.2) is 0 Å². The Labute approximate surface area is 158 Å². The Morgan fingerprint density at radius 1 is 1.00 bits per heavy atom. The largest absolute Gasteiger partial charge is 0.489 e. The molecule has 0 spiro atoms. The maximum absolute atomic E-state index is 5.93. The minimum absolute atomic E-state index is 0.192. The van der Waals surface area contributed by atoms with Gasteiger partial charge in [0, 0.05) is 6.54 Å². The first-order valence-corrected chi connectivity index (χ1v) is 9.73. The average molecular weight is 353 g/mol. The number of benzene rings is 2. The van der Waals surface area contributed by atoms with Gasteiger partial charge in [0.15, 0.2) is 0 Å². The molecule has 3 rings (SSSR count). The van der Waals surface area contributed by atoms with Crippen molar-refractivity contribution < 1.29 is 4.74 Å². The molecular formula is C23H32N2O. The van der Waals surface area contributed by atoms with Crippen LogP contribution >= 0.6 is 0 Å². The van der Waals surface area contributed by atoms with Crippen LogP contribution in [0.2, 0.25) is 0 Å². The van der Waals surface area contributed by atoms with E-state index in [2.05, 4.69) is 79.9 Å². The topological polar surface area (TPSA) is 33.3 Å². The van der Waals surface area contributed by atoms with E-state index in [1.807, 2.05) is 0 Å². The van der Waals surface area contributed by atoms with Gasteiger partial charge < -0.3 is 15.4 Å². The molecule has 140 valence electrons. The van der Waals surface area contributed by atoms with Crippen LogP contribution in [0.5, 0.6) is 5.75 Å². The molecule has 3 nitrogen and oxygen atoms in total. The number of ether oxygens (including phenoxy) is 1. The third-order valence-corrected chi connectivity index (χ3v) is 5.07. The van der Waals surface area contributed by atoms with Crippen molar-refractivity contribution in [3.8, 4) is 5.75 Å². The Kier molecular flexibility index (Phi) is 6.33. The Balaban J connectivity index is 1.43. The van der Waals surface area contributed by atoms with E-state index in [1.165, 1.54) is 23.1 Å². The SMILES string of the molecule is CC(C)(C)c1ccc(COc2ccc(CNCC3CCNC3)cc2)cc1. The molecule has 2 aromatic rings. The van der Waals surface area contributed by atoms with Gasteiger partial charge in [-0.3, -0.25) is 0 Å². The van der Waals surface area contributed by atoms with Gasteiger partial charge in [-0.2, -0.15) is 0 Å². The second kappa shape index (κ2) is 8.70. The summed E-state index contributed by atoms with van der Waals surface area (Å²) in [5.41, 5.74) is 4.05. The summed E-state index contributed by atoms with van der Waals surface area (Å²) < 4.78 is 5.93. The molecule has 2 aromatic carbocycles. The van der Waals surface area contributed by atoms with Gasteiger partial charge in [-0.05, 0) is 66.2 Å². The molecule has 0 aliphatic carbocycles. The van der Waals surface area contributed by atoms with Crippen LogP contribution in [0.25, 0.3) is 0 Å². The van der Waals surface area contributed by atoms with Gasteiger partial charge >= 0.3 is 0 Å². The first-order chi connectivity index (χ1) is 12.5. The maximum Gasteiger partial charge on any atom is 0.119 e. The average Bonchev–Trinajstić information content (AvgIpc) is 3.14. The molecule has 1 aliphatic heterocycles. The fourth-order valence-electron chi connectivity index (χ4n) is 3.28. The molecule has 0 aromatic heterocycles. The van der Waals surface area contributed by atoms with Gasteiger partial charge in [0.05, 0.1) is 0 Å². The highest BCUT2D eigenvalue weighted by Crippen LogP contribution is 2.22. The zero-order valence-electron chi connectivity index (χ0n) is 16.3. The number of rotatable bonds is 7. The molecule has 0 saturated carbocycles. The molecule has 1 unspecified atom stereocenters. The number of hydrogen-bond donors (Lipinski definition) is 2. The van der Waals surface area contributed by atoms with Gasteiger partial charge in [-0.15, -0.1) is 0 Å². The molecule has 1 heterocycles. The van der Waals surface area contributed by atoms with Gasteiger partial charge in [0.25, 0.3) is 0 Å². The van der Waals surface area contributed by atoms with Crippen molar-refractivity contribution in [2.24, 2.45) is 5.92 Å². The van der Waals surface area contributed by atoms with Crippen molar-refractivity contribution in [3.63, 3.8) is 0 Å². The Bertz CT molecular complexity index is 665. The van der Waals surface area contributed by atoms with E-state index in [0.717, 1.165) is 37.8 Å². The summed E-state index contributed by atoms with van der Waals surface area (Å²) in [7, 11) is 0. The molecule has 1 aliphatic rings. The normalized spacial score (nSPS) is 17.4. The molecule has 0 amide bonds. The standard InChI is InChI=1S/C23H32N2O/c1-23(2,3)21-8-4-19(5-9-21)17-26-22-10-6-18(7-11-22)14-25-16-20-12-13-24-15-20/h4-11,20,24-25H,12-17H2,1-3H3. The number of nitrogens with one attached hydrogen (secondary N) is 2. The third kappa shape index (κ3) is 5.58. The van der Waals surface area contributed by atoms with Crippen LogP contribution in [-0.4, -0.2) is 19.6 Å².